The van der Waals surface area contributed by atoms with Crippen LogP contribution in [0.25, 0.3) is 0 Å². The van der Waals surface area contributed by atoms with E-state index in [4.69, 9.17) is 0 Å². The van der Waals surface area contributed by atoms with Crippen LogP contribution < -0.4 is 5.32 Å². The molecule has 1 amide bonds. The van der Waals surface area contributed by atoms with Gasteiger partial charge in [0.25, 0.3) is 0 Å². The molecule has 290 valence electrons. The third-order valence-corrected chi connectivity index (χ3v) is 10.0. The van der Waals surface area contributed by atoms with Crippen LogP contribution in [0, 0.1) is 0 Å². The van der Waals surface area contributed by atoms with Crippen molar-refractivity contribution in [3.8, 4) is 0 Å². The molecule has 0 fully saturated rings. The normalized spacial score (nSPS) is 13.8. The van der Waals surface area contributed by atoms with Crippen molar-refractivity contribution < 1.29 is 20.1 Å². The van der Waals surface area contributed by atoms with Gasteiger partial charge in [-0.3, -0.25) is 4.79 Å². The lowest BCUT2D eigenvalue weighted by atomic mass is 10.0. The van der Waals surface area contributed by atoms with E-state index in [-0.39, 0.29) is 6.61 Å². The second-order valence-electron chi connectivity index (χ2n) is 14.9. The molecule has 4 N–H and O–H groups in total. The quantitative estimate of drug-likeness (QED) is 0.0381. The van der Waals surface area contributed by atoms with Crippen LogP contribution in [-0.4, -0.2) is 46.1 Å². The first kappa shape index (κ1) is 47.8. The van der Waals surface area contributed by atoms with Gasteiger partial charge in [0.15, 0.2) is 0 Å². The Kier molecular flexibility index (Phi) is 38.7. The highest BCUT2D eigenvalue weighted by Crippen LogP contribution is 2.15. The van der Waals surface area contributed by atoms with Crippen molar-refractivity contribution in [1.82, 2.24) is 5.32 Å². The first-order valence-electron chi connectivity index (χ1n) is 21.7. The van der Waals surface area contributed by atoms with Crippen molar-refractivity contribution in [3.05, 3.63) is 24.3 Å². The zero-order valence-electron chi connectivity index (χ0n) is 32.8. The van der Waals surface area contributed by atoms with E-state index in [2.05, 4.69) is 31.3 Å². The van der Waals surface area contributed by atoms with Gasteiger partial charge in [0.2, 0.25) is 5.91 Å². The maximum atomic E-state index is 12.4. The Morgan fingerprint density at radius 3 is 1.18 bits per heavy atom. The number of carbonyl (C=O) groups excluding carboxylic acids is 1. The standard InChI is InChI=1S/C44H85NO4/c1-3-5-7-9-11-13-15-17-19-21-23-24-26-28-30-32-34-36-38-42(47)41(40-46)45-44(49)43(48)39-37-35-33-31-29-27-25-22-20-18-16-14-12-10-8-6-4-2/h25,27,36,38,41-43,46-48H,3-24,26,28-35,37,39-40H2,1-2H3,(H,45,49)/b27-25-,38-36+. The number of aliphatic hydroxyl groups is 3. The number of nitrogens with one attached hydrogen (secondary N) is 1. The van der Waals surface area contributed by atoms with Crippen LogP contribution in [0.1, 0.15) is 226 Å². The minimum absolute atomic E-state index is 0.365. The molecule has 0 aromatic carbocycles. The summed E-state index contributed by atoms with van der Waals surface area (Å²) in [5, 5.41) is 33.1. The van der Waals surface area contributed by atoms with Crippen molar-refractivity contribution >= 4 is 5.91 Å². The third-order valence-electron chi connectivity index (χ3n) is 10.0. The van der Waals surface area contributed by atoms with E-state index >= 15 is 0 Å². The van der Waals surface area contributed by atoms with Crippen molar-refractivity contribution in [2.75, 3.05) is 6.61 Å². The van der Waals surface area contributed by atoms with Gasteiger partial charge in [-0.25, -0.2) is 0 Å². The summed E-state index contributed by atoms with van der Waals surface area (Å²) in [6.07, 6.45) is 47.7. The van der Waals surface area contributed by atoms with Gasteiger partial charge in [-0.15, -0.1) is 0 Å². The van der Waals surface area contributed by atoms with Gasteiger partial charge < -0.3 is 20.6 Å². The minimum Gasteiger partial charge on any atom is -0.394 e. The number of unbranched alkanes of at least 4 members (excludes halogenated alkanes) is 29. The molecular formula is C44H85NO4. The SMILES string of the molecule is CCCCCCCCCCC/C=C\CCCCCCC(O)C(=O)NC(CO)C(O)/C=C/CCCCCCCCCCCCCCCCCC. The first-order valence-corrected chi connectivity index (χ1v) is 21.7. The topological polar surface area (TPSA) is 89.8 Å². The predicted molar refractivity (Wildman–Crippen MR) is 213 cm³/mol. The largest absolute Gasteiger partial charge is 0.394 e. The summed E-state index contributed by atoms with van der Waals surface area (Å²) in [4.78, 5) is 12.4. The molecule has 0 saturated carbocycles. The van der Waals surface area contributed by atoms with Gasteiger partial charge >= 0.3 is 0 Å². The van der Waals surface area contributed by atoms with Gasteiger partial charge in [0, 0.05) is 0 Å². The fourth-order valence-corrected chi connectivity index (χ4v) is 6.59. The molecule has 3 atom stereocenters. The number of allylic oxidation sites excluding steroid dienone is 3. The van der Waals surface area contributed by atoms with Crippen LogP contribution in [0.2, 0.25) is 0 Å². The molecule has 0 radical (unpaired) electrons. The van der Waals surface area contributed by atoms with E-state index < -0.39 is 24.2 Å². The lowest BCUT2D eigenvalue weighted by Gasteiger charge is -2.21. The highest BCUT2D eigenvalue weighted by atomic mass is 16.3. The minimum atomic E-state index is -1.11. The number of rotatable bonds is 39. The van der Waals surface area contributed by atoms with E-state index in [1.807, 2.05) is 6.08 Å². The third kappa shape index (κ3) is 35.0. The zero-order chi connectivity index (χ0) is 35.9. The van der Waals surface area contributed by atoms with Crippen LogP contribution in [0.4, 0.5) is 0 Å². The highest BCUT2D eigenvalue weighted by Gasteiger charge is 2.22. The molecule has 0 spiro atoms. The monoisotopic (exact) mass is 692 g/mol. The molecule has 0 bridgehead atoms. The fourth-order valence-electron chi connectivity index (χ4n) is 6.59. The average Bonchev–Trinajstić information content (AvgIpc) is 3.11. The first-order chi connectivity index (χ1) is 24.1. The van der Waals surface area contributed by atoms with Crippen LogP contribution in [0.3, 0.4) is 0 Å². The summed E-state index contributed by atoms with van der Waals surface area (Å²) in [5.74, 6) is -0.510. The fraction of sp³-hybridized carbons (Fsp3) is 0.886. The van der Waals surface area contributed by atoms with Gasteiger partial charge in [-0.05, 0) is 44.9 Å². The Morgan fingerprint density at radius 2 is 0.816 bits per heavy atom. The lowest BCUT2D eigenvalue weighted by molar-refractivity contribution is -0.131. The van der Waals surface area contributed by atoms with Crippen molar-refractivity contribution in [2.45, 2.75) is 244 Å². The number of amides is 1. The maximum Gasteiger partial charge on any atom is 0.249 e. The van der Waals surface area contributed by atoms with Gasteiger partial charge in [0.1, 0.15) is 6.10 Å². The van der Waals surface area contributed by atoms with E-state index in [0.717, 1.165) is 44.9 Å². The molecule has 0 saturated heterocycles. The zero-order valence-corrected chi connectivity index (χ0v) is 32.8. The van der Waals surface area contributed by atoms with Crippen molar-refractivity contribution in [3.63, 3.8) is 0 Å². The molecule has 5 heteroatoms. The summed E-state index contributed by atoms with van der Waals surface area (Å²) >= 11 is 0. The lowest BCUT2D eigenvalue weighted by Crippen LogP contribution is -2.48. The van der Waals surface area contributed by atoms with E-state index in [1.54, 1.807) is 6.08 Å². The van der Waals surface area contributed by atoms with E-state index in [9.17, 15) is 20.1 Å². The van der Waals surface area contributed by atoms with Crippen LogP contribution in [-0.2, 0) is 4.79 Å². The summed E-state index contributed by atoms with van der Waals surface area (Å²) < 4.78 is 0. The van der Waals surface area contributed by atoms with E-state index in [0.29, 0.717) is 6.42 Å². The average molecular weight is 692 g/mol. The summed E-state index contributed by atoms with van der Waals surface area (Å²) in [7, 11) is 0. The summed E-state index contributed by atoms with van der Waals surface area (Å²) in [5.41, 5.74) is 0. The molecule has 0 aromatic rings. The Hall–Kier alpha value is -1.17. The van der Waals surface area contributed by atoms with Crippen molar-refractivity contribution in [1.29, 1.82) is 0 Å². The van der Waals surface area contributed by atoms with Crippen LogP contribution in [0.15, 0.2) is 24.3 Å². The Morgan fingerprint density at radius 1 is 0.490 bits per heavy atom. The number of aliphatic hydroxyl groups excluding tert-OH is 3. The number of hydrogen-bond acceptors (Lipinski definition) is 4. The molecule has 3 unspecified atom stereocenters. The molecule has 0 aliphatic heterocycles. The number of carbonyl (C=O) groups is 1. The second kappa shape index (κ2) is 39.6. The molecule has 0 aliphatic rings. The Balaban J connectivity index is 3.69. The molecular weight excluding hydrogens is 606 g/mol. The second-order valence-corrected chi connectivity index (χ2v) is 14.9. The molecule has 0 aliphatic carbocycles. The summed E-state index contributed by atoms with van der Waals surface area (Å²) in [6.45, 7) is 4.18. The van der Waals surface area contributed by atoms with Gasteiger partial charge in [-0.2, -0.15) is 0 Å². The predicted octanol–water partition coefficient (Wildman–Crippen LogP) is 12.2. The van der Waals surface area contributed by atoms with E-state index in [1.165, 1.54) is 161 Å². The summed E-state index contributed by atoms with van der Waals surface area (Å²) in [6, 6.07) is -0.800. The highest BCUT2D eigenvalue weighted by molar-refractivity contribution is 5.80. The Bertz CT molecular complexity index is 724. The molecule has 0 heterocycles. The maximum absolute atomic E-state index is 12.4. The molecule has 0 rings (SSSR count). The molecule has 49 heavy (non-hydrogen) atoms. The Labute approximate surface area is 305 Å². The van der Waals surface area contributed by atoms with Gasteiger partial charge in [0.05, 0.1) is 18.8 Å². The van der Waals surface area contributed by atoms with Crippen LogP contribution in [0.5, 0.6) is 0 Å². The number of hydrogen-bond donors (Lipinski definition) is 4. The molecule has 5 nitrogen and oxygen atoms in total. The van der Waals surface area contributed by atoms with Crippen LogP contribution >= 0.6 is 0 Å². The van der Waals surface area contributed by atoms with Gasteiger partial charge in [-0.1, -0.05) is 205 Å². The van der Waals surface area contributed by atoms with Crippen molar-refractivity contribution in [2.24, 2.45) is 0 Å². The smallest absolute Gasteiger partial charge is 0.249 e. The molecule has 0 aromatic heterocycles.